The maximum absolute atomic E-state index is 13.2. The summed E-state index contributed by atoms with van der Waals surface area (Å²) in [6.45, 7) is 5.02. The number of nitrogens with zero attached hydrogens (tertiary/aromatic N) is 6. The smallest absolute Gasteiger partial charge is 0.254 e. The molecule has 4 heterocycles. The number of halogens is 1. The molecule has 1 aliphatic rings. The Labute approximate surface area is 166 Å². The van der Waals surface area contributed by atoms with E-state index in [1.165, 1.54) is 24.3 Å². The number of aryl methyl sites for hydroxylation is 1. The number of rotatable bonds is 2. The third-order valence-electron chi connectivity index (χ3n) is 5.44. The van der Waals surface area contributed by atoms with E-state index in [0.29, 0.717) is 24.5 Å². The molecule has 29 heavy (non-hydrogen) atoms. The highest BCUT2D eigenvalue weighted by Gasteiger charge is 2.32. The van der Waals surface area contributed by atoms with Crippen molar-refractivity contribution in [1.29, 1.82) is 0 Å². The molecular weight excluding hydrogens is 371 g/mol. The Bertz CT molecular complexity index is 1230. The summed E-state index contributed by atoms with van der Waals surface area (Å²) in [5.41, 5.74) is 3.25. The molecular formula is C21H19FN6O. The monoisotopic (exact) mass is 390 g/mol. The predicted octanol–water partition coefficient (Wildman–Crippen LogP) is 3.26. The minimum atomic E-state index is -0.361. The van der Waals surface area contributed by atoms with Gasteiger partial charge in [0.2, 0.25) is 0 Å². The van der Waals surface area contributed by atoms with Crippen molar-refractivity contribution in [2.24, 2.45) is 0 Å². The molecule has 1 aliphatic heterocycles. The van der Waals surface area contributed by atoms with Gasteiger partial charge in [-0.1, -0.05) is 6.07 Å². The maximum Gasteiger partial charge on any atom is 0.254 e. The zero-order valence-corrected chi connectivity index (χ0v) is 16.1. The van der Waals surface area contributed by atoms with E-state index in [9.17, 15) is 9.18 Å². The number of benzene rings is 1. The van der Waals surface area contributed by atoms with Gasteiger partial charge in [0.1, 0.15) is 11.5 Å². The highest BCUT2D eigenvalue weighted by Crippen LogP contribution is 2.29. The van der Waals surface area contributed by atoms with E-state index in [-0.39, 0.29) is 17.8 Å². The van der Waals surface area contributed by atoms with E-state index in [1.807, 2.05) is 47.2 Å². The third-order valence-corrected chi connectivity index (χ3v) is 5.44. The molecule has 0 aliphatic carbocycles. The summed E-state index contributed by atoms with van der Waals surface area (Å²) < 4.78 is 17.1. The van der Waals surface area contributed by atoms with Crippen LogP contribution < -0.4 is 0 Å². The van der Waals surface area contributed by atoms with Crippen LogP contribution in [-0.4, -0.2) is 41.7 Å². The van der Waals surface area contributed by atoms with Crippen molar-refractivity contribution in [2.75, 3.05) is 6.54 Å². The third kappa shape index (κ3) is 2.79. The Balaban J connectivity index is 1.48. The maximum atomic E-state index is 13.2. The summed E-state index contributed by atoms with van der Waals surface area (Å²) in [7, 11) is 0. The Morgan fingerprint density at radius 1 is 1.10 bits per heavy atom. The average Bonchev–Trinajstić information content (AvgIpc) is 3.33. The molecule has 7 nitrogen and oxygen atoms in total. The van der Waals surface area contributed by atoms with Gasteiger partial charge in [0.15, 0.2) is 11.6 Å². The van der Waals surface area contributed by atoms with E-state index >= 15 is 0 Å². The summed E-state index contributed by atoms with van der Waals surface area (Å²) in [6.07, 6.45) is 0. The van der Waals surface area contributed by atoms with Crippen molar-refractivity contribution in [2.45, 2.75) is 26.4 Å². The predicted molar refractivity (Wildman–Crippen MR) is 105 cm³/mol. The molecule has 0 saturated heterocycles. The quantitative estimate of drug-likeness (QED) is 0.527. The molecule has 1 aromatic carbocycles. The Hall–Kier alpha value is -3.55. The first-order valence-electron chi connectivity index (χ1n) is 9.48. The second kappa shape index (κ2) is 6.51. The summed E-state index contributed by atoms with van der Waals surface area (Å²) in [6, 6.07) is 13.4. The van der Waals surface area contributed by atoms with Crippen molar-refractivity contribution in [3.63, 3.8) is 0 Å². The number of hydrogen-bond donors (Lipinski definition) is 0. The molecule has 8 heteroatoms. The van der Waals surface area contributed by atoms with Crippen LogP contribution in [-0.2, 0) is 6.54 Å². The number of carbonyl (C=O) groups excluding carboxylic acids is 1. The van der Waals surface area contributed by atoms with E-state index in [2.05, 4.69) is 15.3 Å². The van der Waals surface area contributed by atoms with E-state index in [4.69, 9.17) is 0 Å². The Morgan fingerprint density at radius 3 is 2.66 bits per heavy atom. The second-order valence-corrected chi connectivity index (χ2v) is 7.25. The molecule has 1 atom stereocenters. The highest BCUT2D eigenvalue weighted by atomic mass is 19.1. The number of fused-ring (bicyclic) bond motifs is 2. The normalized spacial score (nSPS) is 16.2. The molecule has 1 amide bonds. The summed E-state index contributed by atoms with van der Waals surface area (Å²) in [4.78, 5) is 14.6. The van der Waals surface area contributed by atoms with Gasteiger partial charge in [0.05, 0.1) is 11.6 Å². The number of carbonyl (C=O) groups is 1. The number of pyridine rings is 1. The van der Waals surface area contributed by atoms with Crippen LogP contribution in [0.1, 0.15) is 34.8 Å². The van der Waals surface area contributed by atoms with Gasteiger partial charge in [-0.2, -0.15) is 5.10 Å². The molecule has 0 N–H and O–H groups in total. The van der Waals surface area contributed by atoms with Gasteiger partial charge < -0.3 is 9.47 Å². The lowest BCUT2D eigenvalue weighted by atomic mass is 10.1. The SMILES string of the molecule is Cc1cccc2cc(-c3nnc4n3CCN(C(=O)c3ccc(F)cc3)[C@@H]4C)nn12. The van der Waals surface area contributed by atoms with E-state index in [0.717, 1.165) is 22.7 Å². The van der Waals surface area contributed by atoms with Crippen LogP contribution in [0.15, 0.2) is 48.5 Å². The Morgan fingerprint density at radius 2 is 1.90 bits per heavy atom. The number of aromatic nitrogens is 5. The van der Waals surface area contributed by atoms with E-state index in [1.54, 1.807) is 4.90 Å². The topological polar surface area (TPSA) is 68.3 Å². The van der Waals surface area contributed by atoms with Crippen LogP contribution in [0.25, 0.3) is 17.0 Å². The lowest BCUT2D eigenvalue weighted by molar-refractivity contribution is 0.0638. The lowest BCUT2D eigenvalue weighted by Gasteiger charge is -2.33. The van der Waals surface area contributed by atoms with Crippen LogP contribution in [0.5, 0.6) is 0 Å². The molecule has 0 unspecified atom stereocenters. The van der Waals surface area contributed by atoms with Gasteiger partial charge >= 0.3 is 0 Å². The fraction of sp³-hybridized carbons (Fsp3) is 0.238. The lowest BCUT2D eigenvalue weighted by Crippen LogP contribution is -2.41. The largest absolute Gasteiger partial charge is 0.327 e. The number of amides is 1. The molecule has 5 rings (SSSR count). The zero-order chi connectivity index (χ0) is 20.1. The van der Waals surface area contributed by atoms with Crippen LogP contribution in [0.4, 0.5) is 4.39 Å². The fourth-order valence-corrected chi connectivity index (χ4v) is 3.87. The fourth-order valence-electron chi connectivity index (χ4n) is 3.87. The Kier molecular flexibility index (Phi) is 3.94. The van der Waals surface area contributed by atoms with Gasteiger partial charge in [-0.05, 0) is 56.3 Å². The van der Waals surface area contributed by atoms with Gasteiger partial charge in [-0.25, -0.2) is 8.91 Å². The molecule has 0 spiro atoms. The van der Waals surface area contributed by atoms with Crippen molar-refractivity contribution >= 4 is 11.4 Å². The van der Waals surface area contributed by atoms with E-state index < -0.39 is 0 Å². The molecule has 0 radical (unpaired) electrons. The van der Waals surface area contributed by atoms with Crippen molar-refractivity contribution in [3.05, 3.63) is 71.4 Å². The van der Waals surface area contributed by atoms with Gasteiger partial charge in [0.25, 0.3) is 5.91 Å². The molecule has 3 aromatic heterocycles. The van der Waals surface area contributed by atoms with Gasteiger partial charge in [-0.3, -0.25) is 4.79 Å². The van der Waals surface area contributed by atoms with Crippen LogP contribution >= 0.6 is 0 Å². The van der Waals surface area contributed by atoms with Gasteiger partial charge in [0, 0.05) is 24.3 Å². The molecule has 4 aromatic rings. The van der Waals surface area contributed by atoms with Crippen molar-refractivity contribution < 1.29 is 9.18 Å². The summed E-state index contributed by atoms with van der Waals surface area (Å²) in [5.74, 6) is 0.913. The number of hydrogen-bond acceptors (Lipinski definition) is 4. The van der Waals surface area contributed by atoms with Crippen LogP contribution in [0, 0.1) is 12.7 Å². The zero-order valence-electron chi connectivity index (χ0n) is 16.1. The summed E-state index contributed by atoms with van der Waals surface area (Å²) in [5, 5.41) is 13.4. The average molecular weight is 390 g/mol. The second-order valence-electron chi connectivity index (χ2n) is 7.25. The van der Waals surface area contributed by atoms with Crippen molar-refractivity contribution in [1.82, 2.24) is 29.3 Å². The first-order valence-corrected chi connectivity index (χ1v) is 9.48. The molecule has 0 fully saturated rings. The summed E-state index contributed by atoms with van der Waals surface area (Å²) >= 11 is 0. The standard InChI is InChI=1S/C21H19FN6O/c1-13-4-3-5-17-12-18(25-28(13)17)20-24-23-19-14(2)26(10-11-27(19)20)21(29)15-6-8-16(22)9-7-15/h3-9,12,14H,10-11H2,1-2H3/t14-/m1/s1. The minimum Gasteiger partial charge on any atom is -0.327 e. The first-order chi connectivity index (χ1) is 14.0. The first kappa shape index (κ1) is 17.5. The molecule has 0 bridgehead atoms. The van der Waals surface area contributed by atoms with Crippen molar-refractivity contribution in [3.8, 4) is 11.5 Å². The molecule has 146 valence electrons. The van der Waals surface area contributed by atoms with Crippen LogP contribution in [0.2, 0.25) is 0 Å². The van der Waals surface area contributed by atoms with Gasteiger partial charge in [-0.15, -0.1) is 10.2 Å². The molecule has 0 saturated carbocycles. The minimum absolute atomic E-state index is 0.142. The highest BCUT2D eigenvalue weighted by molar-refractivity contribution is 5.94. The van der Waals surface area contributed by atoms with Crippen LogP contribution in [0.3, 0.4) is 0 Å².